The van der Waals surface area contributed by atoms with Gasteiger partial charge in [0.25, 0.3) is 0 Å². The number of nitrogens with zero attached hydrogens (tertiary/aromatic N) is 3. The second-order valence-electron chi connectivity index (χ2n) is 3.50. The van der Waals surface area contributed by atoms with Crippen molar-refractivity contribution in [3.05, 3.63) is 47.2 Å². The molecule has 0 unspecified atom stereocenters. The van der Waals surface area contributed by atoms with Crippen molar-refractivity contribution in [1.29, 1.82) is 5.26 Å². The molecule has 4 nitrogen and oxygen atoms in total. The van der Waals surface area contributed by atoms with Crippen molar-refractivity contribution in [3.63, 3.8) is 0 Å². The van der Waals surface area contributed by atoms with Crippen molar-refractivity contribution >= 4 is 17.3 Å². The fraction of sp³-hybridized carbons (Fsp3) is 0.167. The largest absolute Gasteiger partial charge is 0.382 e. The molecule has 1 N–H and O–H groups in total. The molecule has 0 saturated heterocycles. The Kier molecular flexibility index (Phi) is 3.63. The van der Waals surface area contributed by atoms with Crippen LogP contribution in [0.15, 0.2) is 36.7 Å². The van der Waals surface area contributed by atoms with Crippen LogP contribution < -0.4 is 5.32 Å². The summed E-state index contributed by atoms with van der Waals surface area (Å²) in [6.07, 6.45) is 3.65. The maximum Gasteiger partial charge on any atom is 0.0992 e. The Bertz CT molecular complexity index is 528. The minimum absolute atomic E-state index is 0.560. The molecule has 1 heterocycles. The van der Waals surface area contributed by atoms with E-state index in [0.717, 1.165) is 18.8 Å². The van der Waals surface area contributed by atoms with E-state index in [1.54, 1.807) is 18.3 Å². The summed E-state index contributed by atoms with van der Waals surface area (Å²) in [4.78, 5) is 0. The smallest absolute Gasteiger partial charge is 0.0992 e. The van der Waals surface area contributed by atoms with Crippen LogP contribution in [0.5, 0.6) is 0 Å². The standard InChI is InChI=1S/C12H11ClN4/c13-11-8-10(9-14)2-3-12(11)15-5-7-17-6-1-4-16-17/h1-4,6,8,15H,5,7H2. The summed E-state index contributed by atoms with van der Waals surface area (Å²) in [6.45, 7) is 1.50. The van der Waals surface area contributed by atoms with Crippen molar-refractivity contribution in [2.75, 3.05) is 11.9 Å². The van der Waals surface area contributed by atoms with E-state index in [4.69, 9.17) is 16.9 Å². The molecule has 17 heavy (non-hydrogen) atoms. The van der Waals surface area contributed by atoms with Crippen LogP contribution in [0, 0.1) is 11.3 Å². The Morgan fingerprint density at radius 2 is 2.35 bits per heavy atom. The van der Waals surface area contributed by atoms with Gasteiger partial charge in [0.05, 0.1) is 28.9 Å². The highest BCUT2D eigenvalue weighted by Gasteiger charge is 2.01. The lowest BCUT2D eigenvalue weighted by Crippen LogP contribution is -2.10. The van der Waals surface area contributed by atoms with Crippen LogP contribution in [0.1, 0.15) is 5.56 Å². The average Bonchev–Trinajstić information content (AvgIpc) is 2.84. The number of anilines is 1. The minimum atomic E-state index is 0.560. The number of halogens is 1. The molecule has 0 saturated carbocycles. The van der Waals surface area contributed by atoms with Crippen LogP contribution in [-0.4, -0.2) is 16.3 Å². The highest BCUT2D eigenvalue weighted by Crippen LogP contribution is 2.22. The minimum Gasteiger partial charge on any atom is -0.382 e. The van der Waals surface area contributed by atoms with E-state index in [2.05, 4.69) is 10.4 Å². The average molecular weight is 247 g/mol. The molecule has 2 rings (SSSR count). The van der Waals surface area contributed by atoms with Gasteiger partial charge in [-0.25, -0.2) is 0 Å². The number of hydrogen-bond donors (Lipinski definition) is 1. The van der Waals surface area contributed by atoms with Crippen molar-refractivity contribution in [2.45, 2.75) is 6.54 Å². The van der Waals surface area contributed by atoms with Gasteiger partial charge in [-0.15, -0.1) is 0 Å². The lowest BCUT2D eigenvalue weighted by atomic mass is 10.2. The number of hydrogen-bond acceptors (Lipinski definition) is 3. The molecule has 0 aliphatic carbocycles. The maximum absolute atomic E-state index is 8.71. The number of nitrogens with one attached hydrogen (secondary N) is 1. The topological polar surface area (TPSA) is 53.6 Å². The molecule has 0 aliphatic rings. The van der Waals surface area contributed by atoms with E-state index >= 15 is 0 Å². The number of rotatable bonds is 4. The monoisotopic (exact) mass is 246 g/mol. The van der Waals surface area contributed by atoms with E-state index in [-0.39, 0.29) is 0 Å². The Morgan fingerprint density at radius 1 is 1.47 bits per heavy atom. The summed E-state index contributed by atoms with van der Waals surface area (Å²) >= 11 is 6.03. The molecular weight excluding hydrogens is 236 g/mol. The van der Waals surface area contributed by atoms with Crippen LogP contribution in [0.3, 0.4) is 0 Å². The summed E-state index contributed by atoms with van der Waals surface area (Å²) in [7, 11) is 0. The van der Waals surface area contributed by atoms with Crippen LogP contribution in [0.4, 0.5) is 5.69 Å². The van der Waals surface area contributed by atoms with Gasteiger partial charge in [0.1, 0.15) is 0 Å². The van der Waals surface area contributed by atoms with Crippen LogP contribution >= 0.6 is 11.6 Å². The molecular formula is C12H11ClN4. The predicted molar refractivity (Wildman–Crippen MR) is 66.9 cm³/mol. The molecule has 2 aromatic rings. The molecule has 0 aliphatic heterocycles. The summed E-state index contributed by atoms with van der Waals surface area (Å²) in [5.41, 5.74) is 1.39. The van der Waals surface area contributed by atoms with Crippen molar-refractivity contribution < 1.29 is 0 Å². The quantitative estimate of drug-likeness (QED) is 0.902. The number of aromatic nitrogens is 2. The third kappa shape index (κ3) is 2.99. The fourth-order valence-corrected chi connectivity index (χ4v) is 1.71. The Hall–Kier alpha value is -1.99. The third-order valence-corrected chi connectivity index (χ3v) is 2.63. The summed E-state index contributed by atoms with van der Waals surface area (Å²) < 4.78 is 1.84. The Morgan fingerprint density at radius 3 is 3.00 bits per heavy atom. The van der Waals surface area contributed by atoms with Crippen molar-refractivity contribution in [1.82, 2.24) is 9.78 Å². The molecule has 86 valence electrons. The number of nitriles is 1. The molecule has 1 aromatic heterocycles. The van der Waals surface area contributed by atoms with Gasteiger partial charge < -0.3 is 5.32 Å². The van der Waals surface area contributed by atoms with E-state index in [1.165, 1.54) is 0 Å². The molecule has 1 aromatic carbocycles. The molecule has 5 heteroatoms. The zero-order chi connectivity index (χ0) is 12.1. The molecule has 0 spiro atoms. The van der Waals surface area contributed by atoms with Gasteiger partial charge in [-0.2, -0.15) is 10.4 Å². The normalized spacial score (nSPS) is 9.88. The molecule has 0 atom stereocenters. The van der Waals surface area contributed by atoms with Gasteiger partial charge in [0.2, 0.25) is 0 Å². The van der Waals surface area contributed by atoms with Gasteiger partial charge in [0.15, 0.2) is 0 Å². The number of benzene rings is 1. The molecule has 0 bridgehead atoms. The van der Waals surface area contributed by atoms with Crippen LogP contribution in [-0.2, 0) is 6.54 Å². The molecule has 0 radical (unpaired) electrons. The van der Waals surface area contributed by atoms with E-state index < -0.39 is 0 Å². The lowest BCUT2D eigenvalue weighted by Gasteiger charge is -2.08. The Balaban J connectivity index is 1.93. The zero-order valence-electron chi connectivity index (χ0n) is 9.10. The first-order valence-electron chi connectivity index (χ1n) is 5.20. The fourth-order valence-electron chi connectivity index (χ4n) is 1.47. The second-order valence-corrected chi connectivity index (χ2v) is 3.91. The first kappa shape index (κ1) is 11.5. The van der Waals surface area contributed by atoms with Gasteiger partial charge in [-0.05, 0) is 24.3 Å². The van der Waals surface area contributed by atoms with Crippen molar-refractivity contribution in [3.8, 4) is 6.07 Å². The van der Waals surface area contributed by atoms with E-state index in [9.17, 15) is 0 Å². The van der Waals surface area contributed by atoms with Gasteiger partial charge in [-0.3, -0.25) is 4.68 Å². The maximum atomic E-state index is 8.71. The van der Waals surface area contributed by atoms with Gasteiger partial charge >= 0.3 is 0 Å². The first-order chi connectivity index (χ1) is 8.29. The zero-order valence-corrected chi connectivity index (χ0v) is 9.85. The lowest BCUT2D eigenvalue weighted by molar-refractivity contribution is 0.638. The SMILES string of the molecule is N#Cc1ccc(NCCn2cccn2)c(Cl)c1. The summed E-state index contributed by atoms with van der Waals surface area (Å²) in [6, 6.07) is 9.13. The van der Waals surface area contributed by atoms with E-state index in [1.807, 2.05) is 29.1 Å². The van der Waals surface area contributed by atoms with Gasteiger partial charge in [0, 0.05) is 18.9 Å². The van der Waals surface area contributed by atoms with E-state index in [0.29, 0.717) is 10.6 Å². The second kappa shape index (κ2) is 5.37. The highest BCUT2D eigenvalue weighted by atomic mass is 35.5. The summed E-state index contributed by atoms with van der Waals surface area (Å²) in [5, 5.41) is 16.6. The first-order valence-corrected chi connectivity index (χ1v) is 5.58. The molecule has 0 amide bonds. The third-order valence-electron chi connectivity index (χ3n) is 2.31. The van der Waals surface area contributed by atoms with Crippen molar-refractivity contribution in [2.24, 2.45) is 0 Å². The van der Waals surface area contributed by atoms with Crippen LogP contribution in [0.2, 0.25) is 5.02 Å². The summed E-state index contributed by atoms with van der Waals surface area (Å²) in [5.74, 6) is 0. The Labute approximate surface area is 104 Å². The van der Waals surface area contributed by atoms with Crippen LogP contribution in [0.25, 0.3) is 0 Å². The molecule has 0 fully saturated rings. The van der Waals surface area contributed by atoms with Gasteiger partial charge in [-0.1, -0.05) is 11.6 Å². The highest BCUT2D eigenvalue weighted by molar-refractivity contribution is 6.33. The predicted octanol–water partition coefficient (Wildman–Crippen LogP) is 2.52.